The molecule has 61 heavy (non-hydrogen) atoms. The van der Waals surface area contributed by atoms with Gasteiger partial charge in [-0.3, -0.25) is 28.8 Å². The largest absolute Gasteiger partial charge is 0.481 e. The second kappa shape index (κ2) is 56.8. The molecule has 7 N–H and O–H groups in total. The zero-order valence-corrected chi connectivity index (χ0v) is 36.7. The van der Waals surface area contributed by atoms with Crippen molar-refractivity contribution in [3.63, 3.8) is 0 Å². The number of Topliss-reactive ketones (excluding diaryl/α,β-unsaturated/α-hetero) is 2. The Morgan fingerprint density at radius 1 is 0.820 bits per heavy atom. The molecule has 2 rings (SSSR count). The smallest absolute Gasteiger partial charge is 0.384 e. The molecule has 346 valence electrons. The van der Waals surface area contributed by atoms with Crippen molar-refractivity contribution < 1.29 is 73.6 Å². The number of ketones is 2. The number of hydrogen-bond donors (Lipinski definition) is 6. The van der Waals surface area contributed by atoms with Gasteiger partial charge in [0.05, 0.1) is 51.6 Å². The Balaban J connectivity index is -0.000000151. The molecule has 1 aromatic carbocycles. The molecule has 0 radical (unpaired) electrons. The second-order valence-corrected chi connectivity index (χ2v) is 11.4. The zero-order chi connectivity index (χ0) is 48.8. The first kappa shape index (κ1) is 64.9. The van der Waals surface area contributed by atoms with E-state index in [4.69, 9.17) is 49.1 Å². The van der Waals surface area contributed by atoms with Gasteiger partial charge in [-0.1, -0.05) is 0 Å². The summed E-state index contributed by atoms with van der Waals surface area (Å²) < 4.78 is 33.3. The first-order valence-corrected chi connectivity index (χ1v) is 18.7. The standard InChI is InChI=1S/C10H13NO2S.C8H14O4.C7H11NO2.C4H4O3.C3H3NO2.2C3H9NO.C2H2/c1-13-7-6-11-10(12)8-2-4-9(14)5-3-8;1-12-6-2-3-7(9)4-5-8(10)11;1-10-6-2-3-7(9)4-5-8;5-3-1-2-4(6)7-3;1-4-2-3(5)6;2*1-5-3-2-4;1-2/h2-5,14H,6-7H2,1H3,(H,11,12);2-6H2,1H3,(H,10,11);2-4,6H2,1H3;1-2H2;2H2,(H,5,6);2*2-4H2,1H3;1-2H/i;;;;;;;1D. The summed E-state index contributed by atoms with van der Waals surface area (Å²) in [5.41, 5.74) is 10.7. The highest BCUT2D eigenvalue weighted by molar-refractivity contribution is 7.80. The highest BCUT2D eigenvalue weighted by Gasteiger charge is 2.19. The maximum Gasteiger partial charge on any atom is 0.384 e. The number of cyclic esters (lactones) is 2. The molecule has 0 spiro atoms. The summed E-state index contributed by atoms with van der Waals surface area (Å²) in [5, 5.41) is 26.8. The van der Waals surface area contributed by atoms with Crippen LogP contribution in [0.15, 0.2) is 29.2 Å². The predicted octanol–water partition coefficient (Wildman–Crippen LogP) is 2.37. The highest BCUT2D eigenvalue weighted by atomic mass is 32.1. The third-order valence-electron chi connectivity index (χ3n) is 5.84. The minimum absolute atomic E-state index is 0.000417. The van der Waals surface area contributed by atoms with E-state index in [0.717, 1.165) is 11.3 Å². The van der Waals surface area contributed by atoms with Crippen molar-refractivity contribution in [1.82, 2.24) is 5.32 Å². The number of nitrogens with zero attached hydrogens (tertiary/aromatic N) is 2. The van der Waals surface area contributed by atoms with Crippen LogP contribution in [-0.2, 0) is 57.2 Å². The van der Waals surface area contributed by atoms with Gasteiger partial charge in [0.2, 0.25) is 0 Å². The minimum atomic E-state index is -1.06. The van der Waals surface area contributed by atoms with Gasteiger partial charge in [-0.05, 0) is 37.1 Å². The summed E-state index contributed by atoms with van der Waals surface area (Å²) in [5.74, 6) is -2.88. The fourth-order valence-corrected chi connectivity index (χ4v) is 3.24. The number of nitrogens with two attached hydrogens (primary N) is 2. The molecule has 1 amide bonds. The van der Waals surface area contributed by atoms with Crippen LogP contribution in [0.1, 0.15) is 69.5 Å². The Morgan fingerprint density at radius 3 is 1.56 bits per heavy atom. The summed E-state index contributed by atoms with van der Waals surface area (Å²) >= 11 is 4.13. The molecule has 0 aromatic heterocycles. The van der Waals surface area contributed by atoms with Crippen molar-refractivity contribution in [3.05, 3.63) is 41.2 Å². The van der Waals surface area contributed by atoms with Gasteiger partial charge in [-0.2, -0.15) is 5.26 Å². The number of aliphatic carboxylic acids is 2. The number of ether oxygens (including phenoxy) is 6. The van der Waals surface area contributed by atoms with Crippen LogP contribution < -0.4 is 16.8 Å². The topological polar surface area (TPSA) is 308 Å². The van der Waals surface area contributed by atoms with Crippen molar-refractivity contribution in [2.45, 2.75) is 62.7 Å². The van der Waals surface area contributed by atoms with Crippen LogP contribution in [0.2, 0.25) is 0 Å². The van der Waals surface area contributed by atoms with Gasteiger partial charge in [-0.25, -0.2) is 11.4 Å². The number of terminal acetylenes is 1. The van der Waals surface area contributed by atoms with E-state index < -0.39 is 30.4 Å². The number of benzene rings is 1. The van der Waals surface area contributed by atoms with E-state index in [9.17, 15) is 33.6 Å². The SMILES string of the molecule is COCCCC(=O)CC#N.COCCCC(=O)CCC(=O)O.COCCN.COCCN.COCCNC(=O)c1ccc(S)cc1.O=C1CCC(=O)O1.[2H]C#C.[C-]#[N+]CC(=O)O. The van der Waals surface area contributed by atoms with Gasteiger partial charge < -0.3 is 60.3 Å². The van der Waals surface area contributed by atoms with Crippen molar-refractivity contribution in [1.29, 1.82) is 5.26 Å². The van der Waals surface area contributed by atoms with Gasteiger partial charge in [0, 0.05) is 98.1 Å². The van der Waals surface area contributed by atoms with E-state index in [1.165, 1.54) is 6.40 Å². The number of carboxylic acid groups (broad SMARTS) is 2. The third kappa shape index (κ3) is 66.8. The Hall–Kier alpha value is -5.28. The van der Waals surface area contributed by atoms with E-state index in [1.807, 2.05) is 0 Å². The number of carbonyl (C=O) groups is 7. The number of carboxylic acids is 2. The van der Waals surface area contributed by atoms with E-state index in [-0.39, 0.29) is 49.6 Å². The van der Waals surface area contributed by atoms with Crippen molar-refractivity contribution in [3.8, 4) is 18.9 Å². The first-order chi connectivity index (χ1) is 29.5. The highest BCUT2D eigenvalue weighted by Crippen LogP contribution is 2.07. The van der Waals surface area contributed by atoms with Crippen LogP contribution in [0.3, 0.4) is 0 Å². The second-order valence-electron chi connectivity index (χ2n) is 10.9. The number of carbonyl (C=O) groups excluding carboxylic acids is 5. The summed E-state index contributed by atoms with van der Waals surface area (Å²) in [6.45, 7) is 10.3. The molecule has 1 saturated heterocycles. The predicted molar refractivity (Wildman–Crippen MR) is 228 cm³/mol. The van der Waals surface area contributed by atoms with Crippen molar-refractivity contribution in [2.24, 2.45) is 11.5 Å². The van der Waals surface area contributed by atoms with Crippen molar-refractivity contribution >= 4 is 54.0 Å². The van der Waals surface area contributed by atoms with Crippen LogP contribution in [0.4, 0.5) is 0 Å². The van der Waals surface area contributed by atoms with Gasteiger partial charge in [-0.15, -0.1) is 25.5 Å². The van der Waals surface area contributed by atoms with Gasteiger partial charge >= 0.3 is 30.4 Å². The molecule has 0 unspecified atom stereocenters. The summed E-state index contributed by atoms with van der Waals surface area (Å²) in [7, 11) is 8.03. The first-order valence-electron chi connectivity index (χ1n) is 18.7. The molecule has 1 heterocycles. The molecule has 0 bridgehead atoms. The number of nitriles is 1. The molecule has 1 aromatic rings. The zero-order valence-electron chi connectivity index (χ0n) is 36.8. The summed E-state index contributed by atoms with van der Waals surface area (Å²) in [4.78, 5) is 75.9. The minimum Gasteiger partial charge on any atom is -0.481 e. The fourth-order valence-electron chi connectivity index (χ4n) is 3.09. The Kier molecular flexibility index (Phi) is 60.4. The molecule has 21 heteroatoms. The Labute approximate surface area is 366 Å². The molecular weight excluding hydrogens is 823 g/mol. The third-order valence-corrected chi connectivity index (χ3v) is 6.14. The number of methoxy groups -OCH3 is 5. The number of esters is 2. The van der Waals surface area contributed by atoms with Crippen molar-refractivity contribution in [2.75, 3.05) is 94.8 Å². The van der Waals surface area contributed by atoms with E-state index in [0.29, 0.717) is 77.5 Å². The maximum absolute atomic E-state index is 11.4. The van der Waals surface area contributed by atoms with E-state index in [2.05, 4.69) is 43.4 Å². The summed E-state index contributed by atoms with van der Waals surface area (Å²) in [6.07, 6.45) is 8.67. The monoisotopic (exact) mass is 888 g/mol. The Bertz CT molecular complexity index is 1410. The molecule has 1 aliphatic rings. The number of nitrogens with one attached hydrogen (secondary N) is 1. The number of thiol groups is 1. The van der Waals surface area contributed by atoms with E-state index >= 15 is 0 Å². The lowest BCUT2D eigenvalue weighted by molar-refractivity contribution is -0.152. The van der Waals surface area contributed by atoms with Crippen LogP contribution in [0.5, 0.6) is 0 Å². The number of hydrogen-bond acceptors (Lipinski definition) is 17. The molecule has 1 fully saturated rings. The molecule has 0 saturated carbocycles. The molecule has 0 atom stereocenters. The summed E-state index contributed by atoms with van der Waals surface area (Å²) in [6, 6.07) is 8.86. The Morgan fingerprint density at radius 2 is 1.26 bits per heavy atom. The van der Waals surface area contributed by atoms with E-state index in [1.54, 1.807) is 65.9 Å². The fraction of sp³-hybridized carbons (Fsp3) is 0.575. The number of amides is 1. The lowest BCUT2D eigenvalue weighted by atomic mass is 10.1. The lowest BCUT2D eigenvalue weighted by Gasteiger charge is -2.04. The molecule has 20 nitrogen and oxygen atoms in total. The average molecular weight is 889 g/mol. The number of rotatable bonds is 21. The van der Waals surface area contributed by atoms with Gasteiger partial charge in [0.15, 0.2) is 0 Å². The lowest BCUT2D eigenvalue weighted by Crippen LogP contribution is -2.26. The quantitative estimate of drug-likeness (QED) is 0.0258. The van der Waals surface area contributed by atoms with Crippen LogP contribution >= 0.6 is 12.6 Å². The molecule has 0 aliphatic carbocycles. The van der Waals surface area contributed by atoms with Crippen LogP contribution in [-0.4, -0.2) is 146 Å². The van der Waals surface area contributed by atoms with Gasteiger partial charge in [0.25, 0.3) is 5.91 Å². The normalized spacial score (nSPS) is 10.1. The average Bonchev–Trinajstić information content (AvgIpc) is 3.61. The molecular formula is C40H65N5O15S. The van der Waals surface area contributed by atoms with Crippen LogP contribution in [0, 0.1) is 30.7 Å². The van der Waals surface area contributed by atoms with Crippen LogP contribution in [0.25, 0.3) is 4.85 Å². The van der Waals surface area contributed by atoms with Gasteiger partial charge in [0.1, 0.15) is 12.9 Å². The molecule has 1 aliphatic heterocycles. The maximum atomic E-state index is 11.4.